The largest absolute Gasteiger partial charge is 0.497 e. The average molecular weight is 378 g/mol. The van der Waals surface area contributed by atoms with Crippen molar-refractivity contribution in [2.24, 2.45) is 0 Å². The van der Waals surface area contributed by atoms with Gasteiger partial charge in [-0.15, -0.1) is 0 Å². The van der Waals surface area contributed by atoms with Gasteiger partial charge in [0, 0.05) is 37.9 Å². The molecule has 1 N–H and O–H groups in total. The van der Waals surface area contributed by atoms with Gasteiger partial charge in [-0.1, -0.05) is 17.7 Å². The van der Waals surface area contributed by atoms with Crippen LogP contribution in [-0.2, 0) is 4.79 Å². The molecule has 1 amide bonds. The summed E-state index contributed by atoms with van der Waals surface area (Å²) in [6.07, 6.45) is 0. The van der Waals surface area contributed by atoms with Crippen LogP contribution in [0, 0.1) is 5.82 Å². The van der Waals surface area contributed by atoms with Crippen LogP contribution in [0.2, 0.25) is 5.02 Å². The van der Waals surface area contributed by atoms with Crippen molar-refractivity contribution < 1.29 is 13.9 Å². The normalized spacial score (nSPS) is 15.0. The molecule has 1 heterocycles. The maximum absolute atomic E-state index is 13.1. The van der Waals surface area contributed by atoms with E-state index in [2.05, 4.69) is 21.2 Å². The van der Waals surface area contributed by atoms with E-state index >= 15 is 0 Å². The second-order valence-corrected chi connectivity index (χ2v) is 6.54. The Balaban J connectivity index is 1.51. The zero-order valence-electron chi connectivity index (χ0n) is 14.5. The van der Waals surface area contributed by atoms with Gasteiger partial charge in [-0.05, 0) is 30.3 Å². The summed E-state index contributed by atoms with van der Waals surface area (Å²) in [5.41, 5.74) is 1.54. The van der Waals surface area contributed by atoms with Crippen LogP contribution < -0.4 is 15.0 Å². The lowest BCUT2D eigenvalue weighted by molar-refractivity contribution is -0.117. The SMILES string of the molecule is COc1cccc(N2CCN(CC(=O)Nc3ccc(F)cc3Cl)CC2)c1. The number of carbonyl (C=O) groups is 1. The minimum atomic E-state index is -0.429. The minimum Gasteiger partial charge on any atom is -0.497 e. The number of nitrogens with one attached hydrogen (secondary N) is 1. The van der Waals surface area contributed by atoms with Gasteiger partial charge in [0.05, 0.1) is 24.4 Å². The van der Waals surface area contributed by atoms with Crippen molar-refractivity contribution >= 4 is 28.9 Å². The van der Waals surface area contributed by atoms with Gasteiger partial charge in [0.1, 0.15) is 11.6 Å². The van der Waals surface area contributed by atoms with Gasteiger partial charge in [-0.25, -0.2) is 4.39 Å². The smallest absolute Gasteiger partial charge is 0.238 e. The predicted octanol–water partition coefficient (Wildman–Crippen LogP) is 3.25. The quantitative estimate of drug-likeness (QED) is 0.868. The van der Waals surface area contributed by atoms with Crippen LogP contribution in [0.15, 0.2) is 42.5 Å². The van der Waals surface area contributed by atoms with E-state index in [0.29, 0.717) is 5.69 Å². The summed E-state index contributed by atoms with van der Waals surface area (Å²) in [6, 6.07) is 11.9. The summed E-state index contributed by atoms with van der Waals surface area (Å²) in [4.78, 5) is 16.6. The molecule has 1 aliphatic heterocycles. The van der Waals surface area contributed by atoms with Crippen molar-refractivity contribution in [3.63, 3.8) is 0 Å². The summed E-state index contributed by atoms with van der Waals surface area (Å²) in [5, 5.41) is 2.93. The third-order valence-corrected chi connectivity index (χ3v) is 4.68. The third-order valence-electron chi connectivity index (χ3n) is 4.36. The molecule has 2 aromatic rings. The molecule has 0 bridgehead atoms. The molecule has 1 aliphatic rings. The number of hydrogen-bond donors (Lipinski definition) is 1. The zero-order valence-corrected chi connectivity index (χ0v) is 15.3. The number of piperazine rings is 1. The van der Waals surface area contributed by atoms with Gasteiger partial charge in [-0.2, -0.15) is 0 Å². The first kappa shape index (κ1) is 18.5. The number of benzene rings is 2. The Morgan fingerprint density at radius 2 is 1.96 bits per heavy atom. The highest BCUT2D eigenvalue weighted by molar-refractivity contribution is 6.33. The molecule has 7 heteroatoms. The van der Waals surface area contributed by atoms with Crippen molar-refractivity contribution in [2.75, 3.05) is 50.1 Å². The second-order valence-electron chi connectivity index (χ2n) is 6.14. The molecule has 0 unspecified atom stereocenters. The lowest BCUT2D eigenvalue weighted by atomic mass is 10.2. The Labute approximate surface area is 157 Å². The molecule has 0 atom stereocenters. The number of methoxy groups -OCH3 is 1. The van der Waals surface area contributed by atoms with E-state index in [1.807, 2.05) is 18.2 Å². The van der Waals surface area contributed by atoms with E-state index in [0.717, 1.165) is 37.6 Å². The summed E-state index contributed by atoms with van der Waals surface area (Å²) in [5.74, 6) is 0.246. The molecular formula is C19H21ClFN3O2. The highest BCUT2D eigenvalue weighted by atomic mass is 35.5. The fraction of sp³-hybridized carbons (Fsp3) is 0.316. The molecule has 0 radical (unpaired) electrons. The van der Waals surface area contributed by atoms with Crippen LogP contribution in [0.3, 0.4) is 0 Å². The molecule has 1 fully saturated rings. The van der Waals surface area contributed by atoms with Gasteiger partial charge >= 0.3 is 0 Å². The van der Waals surface area contributed by atoms with E-state index in [4.69, 9.17) is 16.3 Å². The van der Waals surface area contributed by atoms with E-state index < -0.39 is 5.82 Å². The minimum absolute atomic E-state index is 0.159. The third kappa shape index (κ3) is 4.65. The van der Waals surface area contributed by atoms with Crippen LogP contribution in [0.1, 0.15) is 0 Å². The standard InChI is InChI=1S/C19H21ClFN3O2/c1-26-16-4-2-3-15(12-16)24-9-7-23(8-10-24)13-19(25)22-18-6-5-14(21)11-17(18)20/h2-6,11-12H,7-10,13H2,1H3,(H,22,25). The number of nitrogens with zero attached hydrogens (tertiary/aromatic N) is 2. The van der Waals surface area contributed by atoms with Crippen LogP contribution >= 0.6 is 11.6 Å². The number of ether oxygens (including phenoxy) is 1. The van der Waals surface area contributed by atoms with E-state index in [1.165, 1.54) is 18.2 Å². The predicted molar refractivity (Wildman–Crippen MR) is 102 cm³/mol. The lowest BCUT2D eigenvalue weighted by Crippen LogP contribution is -2.48. The maximum Gasteiger partial charge on any atom is 0.238 e. The van der Waals surface area contributed by atoms with E-state index in [-0.39, 0.29) is 17.5 Å². The van der Waals surface area contributed by atoms with Gasteiger partial charge in [0.15, 0.2) is 0 Å². The van der Waals surface area contributed by atoms with Gasteiger partial charge in [0.25, 0.3) is 0 Å². The molecule has 0 saturated carbocycles. The van der Waals surface area contributed by atoms with Gasteiger partial charge in [-0.3, -0.25) is 9.69 Å². The van der Waals surface area contributed by atoms with Crippen LogP contribution in [0.5, 0.6) is 5.75 Å². The van der Waals surface area contributed by atoms with E-state index in [1.54, 1.807) is 7.11 Å². The van der Waals surface area contributed by atoms with Crippen molar-refractivity contribution in [3.05, 3.63) is 53.3 Å². The summed E-state index contributed by atoms with van der Waals surface area (Å²) >= 11 is 5.94. The Morgan fingerprint density at radius 3 is 2.65 bits per heavy atom. The number of carbonyl (C=O) groups excluding carboxylic acids is 1. The molecule has 26 heavy (non-hydrogen) atoms. The van der Waals surface area contributed by atoms with Crippen molar-refractivity contribution in [1.82, 2.24) is 4.90 Å². The number of amides is 1. The molecular weight excluding hydrogens is 357 g/mol. The van der Waals surface area contributed by atoms with Crippen molar-refractivity contribution in [3.8, 4) is 5.75 Å². The Morgan fingerprint density at radius 1 is 1.19 bits per heavy atom. The number of rotatable bonds is 5. The molecule has 5 nitrogen and oxygen atoms in total. The number of halogens is 2. The van der Waals surface area contributed by atoms with Crippen LogP contribution in [-0.4, -0.2) is 50.6 Å². The van der Waals surface area contributed by atoms with Gasteiger partial charge in [0.2, 0.25) is 5.91 Å². The molecule has 3 rings (SSSR count). The summed E-state index contributed by atoms with van der Waals surface area (Å²) < 4.78 is 18.3. The topological polar surface area (TPSA) is 44.8 Å². The fourth-order valence-corrected chi connectivity index (χ4v) is 3.17. The van der Waals surface area contributed by atoms with Crippen molar-refractivity contribution in [2.45, 2.75) is 0 Å². The highest BCUT2D eigenvalue weighted by Crippen LogP contribution is 2.23. The molecule has 0 spiro atoms. The average Bonchev–Trinajstić information content (AvgIpc) is 2.65. The molecule has 138 valence electrons. The zero-order chi connectivity index (χ0) is 18.5. The van der Waals surface area contributed by atoms with Crippen LogP contribution in [0.4, 0.5) is 15.8 Å². The van der Waals surface area contributed by atoms with E-state index in [9.17, 15) is 9.18 Å². The fourth-order valence-electron chi connectivity index (χ4n) is 2.96. The Bertz CT molecular complexity index is 779. The monoisotopic (exact) mass is 377 g/mol. The molecule has 2 aromatic carbocycles. The Hall–Kier alpha value is -2.31. The van der Waals surface area contributed by atoms with Crippen molar-refractivity contribution in [1.29, 1.82) is 0 Å². The molecule has 0 aliphatic carbocycles. The second kappa shape index (κ2) is 8.38. The first-order valence-electron chi connectivity index (χ1n) is 8.41. The Kier molecular flexibility index (Phi) is 5.96. The first-order chi connectivity index (χ1) is 12.5. The van der Waals surface area contributed by atoms with Gasteiger partial charge < -0.3 is 15.0 Å². The summed E-state index contributed by atoms with van der Waals surface area (Å²) in [6.45, 7) is 3.50. The highest BCUT2D eigenvalue weighted by Gasteiger charge is 2.20. The summed E-state index contributed by atoms with van der Waals surface area (Å²) in [7, 11) is 1.66. The maximum atomic E-state index is 13.1. The number of anilines is 2. The van der Waals surface area contributed by atoms with Crippen LogP contribution in [0.25, 0.3) is 0 Å². The first-order valence-corrected chi connectivity index (χ1v) is 8.79. The molecule has 1 saturated heterocycles. The lowest BCUT2D eigenvalue weighted by Gasteiger charge is -2.35. The molecule has 0 aromatic heterocycles. The number of hydrogen-bond acceptors (Lipinski definition) is 4.